The van der Waals surface area contributed by atoms with E-state index in [9.17, 15) is 0 Å². The maximum atomic E-state index is 4.81. The monoisotopic (exact) mass is 792 g/mol. The second-order valence-corrected chi connectivity index (χ2v) is 23.8. The summed E-state index contributed by atoms with van der Waals surface area (Å²) in [4.78, 5) is 0. The van der Waals surface area contributed by atoms with E-state index in [0.717, 1.165) is 0 Å². The van der Waals surface area contributed by atoms with E-state index < -0.39 is 29.3 Å². The Morgan fingerprint density at radius 3 is 0.512 bits per heavy atom. The van der Waals surface area contributed by atoms with Gasteiger partial charge in [0, 0.05) is 0 Å². The Labute approximate surface area is 270 Å². The number of rotatable bonds is 6. The average molecular weight is 794 g/mol. The molecule has 0 saturated heterocycles. The SMILES string of the molecule is [Cl][Pd][Cl].c1ccc([AsH2](c2ccccc2)c2ccccc2)cc1.c1ccc([AsH2](c2ccccc2)c2ccccc2)cc1. The van der Waals surface area contributed by atoms with Crippen LogP contribution in [0.25, 0.3) is 0 Å². The Bertz CT molecular complexity index is 1200. The van der Waals surface area contributed by atoms with E-state index in [4.69, 9.17) is 19.1 Å². The van der Waals surface area contributed by atoms with E-state index in [1.54, 1.807) is 0 Å². The van der Waals surface area contributed by atoms with Crippen LogP contribution >= 0.6 is 19.1 Å². The number of hydrogen-bond donors (Lipinski definition) is 0. The molecule has 6 rings (SSSR count). The van der Waals surface area contributed by atoms with Crippen LogP contribution in [-0.2, 0) is 15.9 Å². The molecule has 212 valence electrons. The molecule has 0 aromatic heterocycles. The van der Waals surface area contributed by atoms with Crippen LogP contribution in [0.5, 0.6) is 0 Å². The van der Waals surface area contributed by atoms with Gasteiger partial charge in [-0.2, -0.15) is 0 Å². The zero-order chi connectivity index (χ0) is 28.5. The summed E-state index contributed by atoms with van der Waals surface area (Å²) in [6, 6.07) is 65.8. The predicted molar refractivity (Wildman–Crippen MR) is 185 cm³/mol. The first-order valence-corrected chi connectivity index (χ1v) is 24.7. The first kappa shape index (κ1) is 31.6. The van der Waals surface area contributed by atoms with Gasteiger partial charge in [-0.1, -0.05) is 0 Å². The molecular formula is C36H34As2Cl2Pd. The van der Waals surface area contributed by atoms with Crippen LogP contribution < -0.4 is 26.1 Å². The molecule has 0 saturated carbocycles. The van der Waals surface area contributed by atoms with Gasteiger partial charge in [-0.15, -0.1) is 0 Å². The van der Waals surface area contributed by atoms with Gasteiger partial charge < -0.3 is 0 Å². The van der Waals surface area contributed by atoms with Gasteiger partial charge in [0.2, 0.25) is 0 Å². The van der Waals surface area contributed by atoms with Crippen LogP contribution in [0.15, 0.2) is 182 Å². The van der Waals surface area contributed by atoms with Gasteiger partial charge in [0.15, 0.2) is 0 Å². The molecule has 41 heavy (non-hydrogen) atoms. The molecule has 0 bridgehead atoms. The summed E-state index contributed by atoms with van der Waals surface area (Å²) < 4.78 is 9.12. The van der Waals surface area contributed by atoms with Crippen molar-refractivity contribution in [3.05, 3.63) is 182 Å². The normalized spacial score (nSPS) is 10.8. The zero-order valence-corrected chi connectivity index (χ0v) is 30.5. The van der Waals surface area contributed by atoms with Crippen LogP contribution in [0.4, 0.5) is 0 Å². The number of hydrogen-bond acceptors (Lipinski definition) is 0. The zero-order valence-electron chi connectivity index (χ0n) is 22.5. The standard InChI is InChI=1S/2C18H17As.2ClH.Pd/c2*1-4-10-16(11-5-1)19(17-12-6-2-7-13-17)18-14-8-3-9-15-18;;;/h2*1-15H,19H2;2*1H;/q;;;;+2/p-2. The minimum absolute atomic E-state index is 0.106. The van der Waals surface area contributed by atoms with E-state index in [-0.39, 0.29) is 15.9 Å². The first-order valence-electron chi connectivity index (χ1n) is 13.4. The van der Waals surface area contributed by atoms with Crippen molar-refractivity contribution in [1.82, 2.24) is 0 Å². The topological polar surface area (TPSA) is 0 Å². The molecule has 6 aromatic rings. The molecule has 0 atom stereocenters. The Morgan fingerprint density at radius 1 is 0.268 bits per heavy atom. The fraction of sp³-hybridized carbons (Fsp3) is 0. The Kier molecular flexibility index (Phi) is 14.1. The second kappa shape index (κ2) is 18.3. The molecule has 0 heterocycles. The van der Waals surface area contributed by atoms with Crippen molar-refractivity contribution in [2.75, 3.05) is 0 Å². The van der Waals surface area contributed by atoms with Gasteiger partial charge in [0.25, 0.3) is 0 Å². The van der Waals surface area contributed by atoms with Gasteiger partial charge in [0.05, 0.1) is 0 Å². The van der Waals surface area contributed by atoms with E-state index in [2.05, 4.69) is 182 Å². The average Bonchev–Trinajstić information content (AvgIpc) is 3.05. The van der Waals surface area contributed by atoms with E-state index >= 15 is 0 Å². The van der Waals surface area contributed by atoms with Crippen molar-refractivity contribution in [3.63, 3.8) is 0 Å². The molecule has 0 spiro atoms. The Morgan fingerprint density at radius 2 is 0.390 bits per heavy atom. The molecule has 0 fully saturated rings. The van der Waals surface area contributed by atoms with Crippen molar-refractivity contribution in [1.29, 1.82) is 0 Å². The predicted octanol–water partition coefficient (Wildman–Crippen LogP) is 4.71. The van der Waals surface area contributed by atoms with Crippen LogP contribution in [-0.4, -0.2) is 29.3 Å². The second-order valence-electron chi connectivity index (χ2n) is 9.38. The van der Waals surface area contributed by atoms with Crippen molar-refractivity contribution < 1.29 is 15.9 Å². The van der Waals surface area contributed by atoms with E-state index in [1.807, 2.05) is 0 Å². The molecule has 0 aliphatic heterocycles. The van der Waals surface area contributed by atoms with Crippen molar-refractivity contribution in [2.24, 2.45) is 0 Å². The van der Waals surface area contributed by atoms with Gasteiger partial charge in [-0.05, 0) is 0 Å². The maximum absolute atomic E-state index is 4.81. The third-order valence-corrected chi connectivity index (χ3v) is 20.0. The summed E-state index contributed by atoms with van der Waals surface area (Å²) in [6.45, 7) is 0. The molecule has 0 aliphatic carbocycles. The summed E-state index contributed by atoms with van der Waals surface area (Å²) in [7, 11) is 9.63. The summed E-state index contributed by atoms with van der Waals surface area (Å²) in [5.41, 5.74) is 0. The van der Waals surface area contributed by atoms with Gasteiger partial charge in [-0.25, -0.2) is 0 Å². The van der Waals surface area contributed by atoms with Crippen LogP contribution in [0.2, 0.25) is 0 Å². The minimum atomic E-state index is -1.87. The van der Waals surface area contributed by atoms with Gasteiger partial charge in [0.1, 0.15) is 0 Å². The Balaban J connectivity index is 0.000000173. The van der Waals surface area contributed by atoms with Crippen molar-refractivity contribution in [2.45, 2.75) is 0 Å². The summed E-state index contributed by atoms with van der Waals surface area (Å²) in [5.74, 6) is 0. The fourth-order valence-electron chi connectivity index (χ4n) is 5.03. The molecule has 0 N–H and O–H groups in total. The third-order valence-electron chi connectivity index (χ3n) is 6.80. The van der Waals surface area contributed by atoms with Gasteiger partial charge >= 0.3 is 272 Å². The molecular weight excluding hydrogens is 760 g/mol. The molecule has 6 aromatic carbocycles. The fourth-order valence-corrected chi connectivity index (χ4v) is 17.5. The number of halogens is 2. The van der Waals surface area contributed by atoms with Crippen LogP contribution in [0, 0.1) is 0 Å². The summed E-state index contributed by atoms with van der Waals surface area (Å²) >= 11 is -3.86. The summed E-state index contributed by atoms with van der Waals surface area (Å²) in [6.07, 6.45) is 0. The van der Waals surface area contributed by atoms with Crippen molar-refractivity contribution >= 4 is 74.5 Å². The van der Waals surface area contributed by atoms with Crippen molar-refractivity contribution in [3.8, 4) is 0 Å². The molecule has 5 heteroatoms. The number of benzene rings is 6. The molecule has 0 amide bonds. The van der Waals surface area contributed by atoms with Crippen LogP contribution in [0.3, 0.4) is 0 Å². The molecule has 0 unspecified atom stereocenters. The van der Waals surface area contributed by atoms with E-state index in [0.29, 0.717) is 0 Å². The molecule has 0 nitrogen and oxygen atoms in total. The van der Waals surface area contributed by atoms with Gasteiger partial charge in [-0.3, -0.25) is 0 Å². The Hall–Kier alpha value is -2.32. The van der Waals surface area contributed by atoms with Crippen LogP contribution in [0.1, 0.15) is 0 Å². The molecule has 0 aliphatic rings. The molecule has 0 radical (unpaired) electrons. The quantitative estimate of drug-likeness (QED) is 0.215. The van der Waals surface area contributed by atoms with E-state index in [1.165, 1.54) is 26.1 Å². The summed E-state index contributed by atoms with van der Waals surface area (Å²) in [5, 5.41) is 0. The first-order chi connectivity index (χ1) is 20.3. The third kappa shape index (κ3) is 9.88.